The summed E-state index contributed by atoms with van der Waals surface area (Å²) in [6.45, 7) is -2.89. The van der Waals surface area contributed by atoms with Gasteiger partial charge in [0.25, 0.3) is 0 Å². The van der Waals surface area contributed by atoms with E-state index in [0.29, 0.717) is 13.0 Å². The normalized spacial score (nSPS) is 14.7. The summed E-state index contributed by atoms with van der Waals surface area (Å²) in [6.07, 6.45) is 1.50. The van der Waals surface area contributed by atoms with Crippen molar-refractivity contribution in [3.05, 3.63) is 0 Å². The highest BCUT2D eigenvalue weighted by atomic mass is 32.5. The van der Waals surface area contributed by atoms with Gasteiger partial charge in [0.2, 0.25) is 0 Å². The number of rotatable bonds is 6. The van der Waals surface area contributed by atoms with Crippen molar-refractivity contribution in [1.82, 2.24) is 0 Å². The van der Waals surface area contributed by atoms with E-state index in [-0.39, 0.29) is 12.6 Å². The van der Waals surface area contributed by atoms with Crippen molar-refractivity contribution >= 4 is 18.5 Å². The van der Waals surface area contributed by atoms with E-state index in [1.807, 2.05) is 0 Å². The molecule has 1 atom stereocenters. The fourth-order valence-electron chi connectivity index (χ4n) is 0.656. The Bertz CT molecular complexity index is 163. The Hall–Kier alpha value is 0.450. The highest BCUT2D eigenvalue weighted by Crippen LogP contribution is 2.36. The third-order valence-electron chi connectivity index (χ3n) is 1.24. The number of hydrogen-bond donors (Lipinski definition) is 4. The second kappa shape index (κ2) is 5.99. The van der Waals surface area contributed by atoms with E-state index in [9.17, 15) is 0 Å². The summed E-state index contributed by atoms with van der Waals surface area (Å²) in [7, 11) is 0. The van der Waals surface area contributed by atoms with Gasteiger partial charge in [0.1, 0.15) is 0 Å². The largest absolute Gasteiger partial charge is 0.330 e. The van der Waals surface area contributed by atoms with Gasteiger partial charge in [0.15, 0.2) is 0 Å². The summed E-state index contributed by atoms with van der Waals surface area (Å²) in [5.41, 5.74) is 10.8. The minimum absolute atomic E-state index is 0.0737. The van der Waals surface area contributed by atoms with Gasteiger partial charge >= 0.3 is 6.72 Å². The van der Waals surface area contributed by atoms with Gasteiger partial charge in [0, 0.05) is 6.04 Å². The molecule has 0 aromatic rings. The maximum Gasteiger partial charge on any atom is 0.321 e. The molecule has 0 aliphatic heterocycles. The first kappa shape index (κ1) is 12.4. The molecule has 0 fully saturated rings. The van der Waals surface area contributed by atoms with E-state index in [2.05, 4.69) is 16.3 Å². The van der Waals surface area contributed by atoms with E-state index in [1.54, 1.807) is 0 Å². The summed E-state index contributed by atoms with van der Waals surface area (Å²) < 4.78 is 4.56. The minimum Gasteiger partial charge on any atom is -0.330 e. The van der Waals surface area contributed by atoms with Crippen molar-refractivity contribution in [2.75, 3.05) is 13.2 Å². The fourth-order valence-corrected chi connectivity index (χ4v) is 1.22. The summed E-state index contributed by atoms with van der Waals surface area (Å²) in [4.78, 5) is 17.3. The number of hydrogen-bond acceptors (Lipinski definition) is 4. The van der Waals surface area contributed by atoms with E-state index < -0.39 is 6.72 Å². The molecule has 0 radical (unpaired) electrons. The van der Waals surface area contributed by atoms with Crippen LogP contribution in [0.25, 0.3) is 0 Å². The highest BCUT2D eigenvalue weighted by molar-refractivity contribution is 8.06. The van der Waals surface area contributed by atoms with Crippen LogP contribution in [0.3, 0.4) is 0 Å². The second-order valence-corrected chi connectivity index (χ2v) is 5.14. The first-order chi connectivity index (χ1) is 5.45. The maximum absolute atomic E-state index is 8.67. The van der Waals surface area contributed by atoms with Crippen molar-refractivity contribution in [3.63, 3.8) is 0 Å². The van der Waals surface area contributed by atoms with Crippen molar-refractivity contribution in [2.45, 2.75) is 18.9 Å². The molecule has 0 heterocycles. The SMILES string of the molecule is NCCCC(N)COP(O)(O)=S. The van der Waals surface area contributed by atoms with E-state index in [4.69, 9.17) is 21.3 Å². The van der Waals surface area contributed by atoms with Gasteiger partial charge in [0.05, 0.1) is 6.61 Å². The predicted octanol–water partition coefficient (Wildman–Crippen LogP) is -0.722. The molecular weight excluding hydrogens is 199 g/mol. The Labute approximate surface area is 77.0 Å². The van der Waals surface area contributed by atoms with Gasteiger partial charge in [-0.05, 0) is 31.2 Å². The molecule has 5 nitrogen and oxygen atoms in total. The molecule has 0 saturated heterocycles. The summed E-state index contributed by atoms with van der Waals surface area (Å²) in [5.74, 6) is 0. The molecule has 0 bridgehead atoms. The summed E-state index contributed by atoms with van der Waals surface area (Å²) in [6, 6.07) is -0.227. The van der Waals surface area contributed by atoms with Crippen molar-refractivity contribution in [3.8, 4) is 0 Å². The molecule has 0 aromatic heterocycles. The average molecular weight is 214 g/mol. The Morgan fingerprint density at radius 2 is 2.08 bits per heavy atom. The molecular formula is C5H15N2O3PS. The third-order valence-corrected chi connectivity index (χ3v) is 2.04. The molecule has 6 N–H and O–H groups in total. The molecule has 74 valence electrons. The van der Waals surface area contributed by atoms with Gasteiger partial charge in [-0.25, -0.2) is 0 Å². The van der Waals surface area contributed by atoms with Crippen LogP contribution >= 0.6 is 6.72 Å². The van der Waals surface area contributed by atoms with Crippen LogP contribution in [0.5, 0.6) is 0 Å². The monoisotopic (exact) mass is 214 g/mol. The van der Waals surface area contributed by atoms with Gasteiger partial charge in [-0.15, -0.1) is 0 Å². The Balaban J connectivity index is 3.44. The zero-order valence-corrected chi connectivity index (χ0v) is 8.43. The maximum atomic E-state index is 8.67. The molecule has 0 rings (SSSR count). The van der Waals surface area contributed by atoms with Crippen LogP contribution in [-0.4, -0.2) is 29.0 Å². The molecule has 12 heavy (non-hydrogen) atoms. The second-order valence-electron chi connectivity index (χ2n) is 2.48. The molecule has 0 spiro atoms. The Morgan fingerprint density at radius 1 is 1.50 bits per heavy atom. The standard InChI is InChI=1S/C5H15N2O3PS/c6-3-1-2-5(7)4-10-11(8,9)12/h5H,1-4,6-7H2,(H2,8,9,12). The minimum atomic E-state index is -3.53. The molecule has 0 amide bonds. The lowest BCUT2D eigenvalue weighted by Crippen LogP contribution is -2.26. The molecule has 0 saturated carbocycles. The zero-order valence-electron chi connectivity index (χ0n) is 6.72. The molecule has 0 aromatic carbocycles. The highest BCUT2D eigenvalue weighted by Gasteiger charge is 2.10. The third kappa shape index (κ3) is 8.55. The quantitative estimate of drug-likeness (QED) is 0.435. The average Bonchev–Trinajstić information content (AvgIpc) is 1.95. The van der Waals surface area contributed by atoms with Crippen molar-refractivity contribution in [1.29, 1.82) is 0 Å². The lowest BCUT2D eigenvalue weighted by atomic mass is 10.2. The van der Waals surface area contributed by atoms with E-state index in [1.165, 1.54) is 0 Å². The predicted molar refractivity (Wildman–Crippen MR) is 50.9 cm³/mol. The molecule has 7 heteroatoms. The fraction of sp³-hybridized carbons (Fsp3) is 1.00. The number of nitrogens with two attached hydrogens (primary N) is 2. The van der Waals surface area contributed by atoms with Gasteiger partial charge in [-0.3, -0.25) is 0 Å². The van der Waals surface area contributed by atoms with Crippen LogP contribution in [0.4, 0.5) is 0 Å². The van der Waals surface area contributed by atoms with Crippen LogP contribution in [0.2, 0.25) is 0 Å². The van der Waals surface area contributed by atoms with Crippen LogP contribution in [-0.2, 0) is 16.3 Å². The Morgan fingerprint density at radius 3 is 2.50 bits per heavy atom. The topological polar surface area (TPSA) is 102 Å². The lowest BCUT2D eigenvalue weighted by molar-refractivity contribution is 0.230. The lowest BCUT2D eigenvalue weighted by Gasteiger charge is -2.13. The van der Waals surface area contributed by atoms with Crippen molar-refractivity contribution in [2.24, 2.45) is 11.5 Å². The van der Waals surface area contributed by atoms with Crippen LogP contribution in [0.15, 0.2) is 0 Å². The van der Waals surface area contributed by atoms with Crippen molar-refractivity contribution < 1.29 is 14.3 Å². The molecule has 1 unspecified atom stereocenters. The van der Waals surface area contributed by atoms with Crippen LogP contribution in [0, 0.1) is 0 Å². The van der Waals surface area contributed by atoms with Crippen LogP contribution < -0.4 is 11.5 Å². The van der Waals surface area contributed by atoms with E-state index in [0.717, 1.165) is 6.42 Å². The van der Waals surface area contributed by atoms with Gasteiger partial charge in [-0.1, -0.05) is 0 Å². The first-order valence-corrected chi connectivity index (χ1v) is 6.24. The first-order valence-electron chi connectivity index (χ1n) is 3.61. The smallest absolute Gasteiger partial charge is 0.321 e. The zero-order chi connectivity index (χ0) is 9.61. The van der Waals surface area contributed by atoms with Crippen LogP contribution in [0.1, 0.15) is 12.8 Å². The van der Waals surface area contributed by atoms with E-state index >= 15 is 0 Å². The summed E-state index contributed by atoms with van der Waals surface area (Å²) in [5, 5.41) is 0. The van der Waals surface area contributed by atoms with Gasteiger partial charge < -0.3 is 25.8 Å². The molecule has 0 aliphatic rings. The molecule has 0 aliphatic carbocycles. The van der Waals surface area contributed by atoms with Gasteiger partial charge in [-0.2, -0.15) is 0 Å². The summed E-state index contributed by atoms with van der Waals surface area (Å²) >= 11 is 4.24. The Kier molecular flexibility index (Phi) is 6.21.